The fourth-order valence-electron chi connectivity index (χ4n) is 1.34. The Morgan fingerprint density at radius 1 is 1.35 bits per heavy atom. The van der Waals surface area contributed by atoms with Crippen LogP contribution in [0.2, 0.25) is 0 Å². The Balaban J connectivity index is 4.86. The highest BCUT2D eigenvalue weighted by atomic mass is 16.6. The normalized spacial score (nSPS) is 13.8. The van der Waals surface area contributed by atoms with E-state index in [4.69, 9.17) is 10.00 Å². The molecule has 0 radical (unpaired) electrons. The van der Waals surface area contributed by atoms with Crippen molar-refractivity contribution in [3.05, 3.63) is 0 Å². The van der Waals surface area contributed by atoms with Crippen molar-refractivity contribution in [2.24, 2.45) is 0 Å². The third kappa shape index (κ3) is 4.23. The lowest BCUT2D eigenvalue weighted by atomic mass is 9.94. The van der Waals surface area contributed by atoms with Gasteiger partial charge in [-0.25, -0.2) is 4.79 Å². The summed E-state index contributed by atoms with van der Waals surface area (Å²) < 4.78 is 5.27. The summed E-state index contributed by atoms with van der Waals surface area (Å²) in [6.07, 6.45) is -0.432. The second-order valence-corrected chi connectivity index (χ2v) is 5.54. The highest BCUT2D eigenvalue weighted by Crippen LogP contribution is 2.20. The molecule has 0 aromatic carbocycles. The fraction of sp³-hybridized carbons (Fsp3) is 0.833. The van der Waals surface area contributed by atoms with Crippen LogP contribution >= 0.6 is 0 Å². The lowest BCUT2D eigenvalue weighted by Gasteiger charge is -2.39. The number of nitrogens with zero attached hydrogens (tertiary/aromatic N) is 2. The summed E-state index contributed by atoms with van der Waals surface area (Å²) in [5.74, 6) is 0. The molecule has 98 valence electrons. The zero-order chi connectivity index (χ0) is 13.9. The molecule has 1 unspecified atom stereocenters. The van der Waals surface area contributed by atoms with Crippen molar-refractivity contribution in [3.63, 3.8) is 0 Å². The zero-order valence-electron chi connectivity index (χ0n) is 11.8. The Bertz CT molecular complexity index is 313. The molecule has 1 amide bonds. The summed E-state index contributed by atoms with van der Waals surface area (Å²) >= 11 is 0. The Kier molecular flexibility index (Phi) is 4.96. The minimum atomic E-state index is -0.647. The molecule has 0 aliphatic rings. The van der Waals surface area contributed by atoms with E-state index in [1.165, 1.54) is 4.90 Å². The molecular formula is C12H23N3O2. The predicted octanol–water partition coefficient (Wildman–Crippen LogP) is 1.74. The summed E-state index contributed by atoms with van der Waals surface area (Å²) in [7, 11) is 3.33. The van der Waals surface area contributed by atoms with E-state index in [0.29, 0.717) is 0 Å². The highest BCUT2D eigenvalue weighted by molar-refractivity contribution is 5.69. The second-order valence-electron chi connectivity index (χ2n) is 5.54. The molecule has 5 heteroatoms. The van der Waals surface area contributed by atoms with E-state index in [1.54, 1.807) is 14.1 Å². The molecule has 0 aromatic rings. The monoisotopic (exact) mass is 241 g/mol. The van der Waals surface area contributed by atoms with E-state index < -0.39 is 23.3 Å². The van der Waals surface area contributed by atoms with Crippen molar-refractivity contribution in [2.75, 3.05) is 14.1 Å². The Labute approximate surface area is 104 Å². The van der Waals surface area contributed by atoms with Gasteiger partial charge in [-0.1, -0.05) is 0 Å². The third-order valence-electron chi connectivity index (χ3n) is 2.66. The van der Waals surface area contributed by atoms with E-state index >= 15 is 0 Å². The van der Waals surface area contributed by atoms with Crippen LogP contribution in [0.15, 0.2) is 0 Å². The van der Waals surface area contributed by atoms with Gasteiger partial charge in [0.1, 0.15) is 11.6 Å². The van der Waals surface area contributed by atoms with Gasteiger partial charge in [0.15, 0.2) is 0 Å². The molecular weight excluding hydrogens is 218 g/mol. The van der Waals surface area contributed by atoms with Crippen molar-refractivity contribution >= 4 is 6.09 Å². The molecule has 0 rings (SSSR count). The van der Waals surface area contributed by atoms with Gasteiger partial charge in [0.25, 0.3) is 0 Å². The first kappa shape index (κ1) is 15.7. The Morgan fingerprint density at radius 2 is 1.82 bits per heavy atom. The molecule has 1 atom stereocenters. The molecule has 1 N–H and O–H groups in total. The smallest absolute Gasteiger partial charge is 0.410 e. The number of ether oxygens (including phenoxy) is 1. The van der Waals surface area contributed by atoms with Gasteiger partial charge in [-0.3, -0.25) is 0 Å². The van der Waals surface area contributed by atoms with Gasteiger partial charge in [0.2, 0.25) is 0 Å². The largest absolute Gasteiger partial charge is 0.444 e. The molecule has 0 aliphatic heterocycles. The number of rotatable bonds is 3. The lowest BCUT2D eigenvalue weighted by Crippen LogP contribution is -2.57. The van der Waals surface area contributed by atoms with Crippen LogP contribution in [0.4, 0.5) is 4.79 Å². The number of carbonyl (C=O) groups is 1. The number of nitriles is 1. The Morgan fingerprint density at radius 3 is 2.12 bits per heavy atom. The van der Waals surface area contributed by atoms with Crippen LogP contribution in [-0.4, -0.2) is 42.3 Å². The SMILES string of the molecule is CNC(C#N)C(C)(C)N(C)C(=O)OC(C)(C)C. The van der Waals surface area contributed by atoms with Crippen LogP contribution in [0.3, 0.4) is 0 Å². The van der Waals surface area contributed by atoms with Crippen LogP contribution in [0.25, 0.3) is 0 Å². The van der Waals surface area contributed by atoms with Crippen molar-refractivity contribution in [1.29, 1.82) is 5.26 Å². The van der Waals surface area contributed by atoms with Crippen LogP contribution in [0.5, 0.6) is 0 Å². The minimum absolute atomic E-state index is 0.432. The molecule has 0 aliphatic carbocycles. The van der Waals surface area contributed by atoms with Gasteiger partial charge < -0.3 is 15.0 Å². The summed E-state index contributed by atoms with van der Waals surface area (Å²) in [5.41, 5.74) is -1.19. The fourth-order valence-corrected chi connectivity index (χ4v) is 1.34. The first-order chi connectivity index (χ1) is 7.56. The number of carbonyl (C=O) groups excluding carboxylic acids is 1. The topological polar surface area (TPSA) is 65.4 Å². The van der Waals surface area contributed by atoms with E-state index in [-0.39, 0.29) is 0 Å². The number of likely N-dealkylation sites (N-methyl/N-ethyl adjacent to an activating group) is 2. The molecule has 0 bridgehead atoms. The van der Waals surface area contributed by atoms with Gasteiger partial charge in [-0.15, -0.1) is 0 Å². The minimum Gasteiger partial charge on any atom is -0.444 e. The van der Waals surface area contributed by atoms with Crippen LogP contribution < -0.4 is 5.32 Å². The molecule has 5 nitrogen and oxygen atoms in total. The second kappa shape index (κ2) is 5.37. The number of amides is 1. The molecule has 0 saturated heterocycles. The van der Waals surface area contributed by atoms with Gasteiger partial charge in [0.05, 0.1) is 11.6 Å². The highest BCUT2D eigenvalue weighted by Gasteiger charge is 2.37. The summed E-state index contributed by atoms with van der Waals surface area (Å²) in [6, 6.07) is 1.67. The van der Waals surface area contributed by atoms with Crippen molar-refractivity contribution in [3.8, 4) is 6.07 Å². The standard InChI is InChI=1S/C12H23N3O2/c1-11(2,3)17-10(16)15(7)12(4,5)9(8-13)14-6/h9,14H,1-7H3. The van der Waals surface area contributed by atoms with Crippen molar-refractivity contribution < 1.29 is 9.53 Å². The number of hydrogen-bond donors (Lipinski definition) is 1. The molecule has 0 aromatic heterocycles. The van der Waals surface area contributed by atoms with Crippen LogP contribution in [0.1, 0.15) is 34.6 Å². The first-order valence-electron chi connectivity index (χ1n) is 5.60. The van der Waals surface area contributed by atoms with E-state index in [9.17, 15) is 4.79 Å². The molecule has 0 fully saturated rings. The number of nitrogens with one attached hydrogen (secondary N) is 1. The van der Waals surface area contributed by atoms with Crippen molar-refractivity contribution in [1.82, 2.24) is 10.2 Å². The van der Waals surface area contributed by atoms with Crippen molar-refractivity contribution in [2.45, 2.75) is 51.8 Å². The first-order valence-corrected chi connectivity index (χ1v) is 5.60. The number of hydrogen-bond acceptors (Lipinski definition) is 4. The maximum atomic E-state index is 11.9. The van der Waals surface area contributed by atoms with Crippen LogP contribution in [-0.2, 0) is 4.74 Å². The maximum absolute atomic E-state index is 11.9. The quantitative estimate of drug-likeness (QED) is 0.817. The summed E-state index contributed by atoms with van der Waals surface area (Å²) in [4.78, 5) is 13.4. The molecule has 0 saturated carbocycles. The van der Waals surface area contributed by atoms with Gasteiger partial charge in [0, 0.05) is 7.05 Å². The third-order valence-corrected chi connectivity index (χ3v) is 2.66. The van der Waals surface area contributed by atoms with E-state index in [1.807, 2.05) is 34.6 Å². The van der Waals surface area contributed by atoms with E-state index in [0.717, 1.165) is 0 Å². The van der Waals surface area contributed by atoms with Crippen LogP contribution in [0, 0.1) is 11.3 Å². The lowest BCUT2D eigenvalue weighted by molar-refractivity contribution is 0.00806. The predicted molar refractivity (Wildman–Crippen MR) is 66.5 cm³/mol. The zero-order valence-corrected chi connectivity index (χ0v) is 11.8. The van der Waals surface area contributed by atoms with Gasteiger partial charge in [-0.05, 0) is 41.7 Å². The Hall–Kier alpha value is -1.28. The molecule has 0 heterocycles. The molecule has 0 spiro atoms. The average Bonchev–Trinajstić information content (AvgIpc) is 2.15. The summed E-state index contributed by atoms with van der Waals surface area (Å²) in [6.45, 7) is 9.07. The maximum Gasteiger partial charge on any atom is 0.410 e. The van der Waals surface area contributed by atoms with Gasteiger partial charge >= 0.3 is 6.09 Å². The molecule has 17 heavy (non-hydrogen) atoms. The summed E-state index contributed by atoms with van der Waals surface area (Å²) in [5, 5.41) is 11.9. The van der Waals surface area contributed by atoms with Gasteiger partial charge in [-0.2, -0.15) is 5.26 Å². The van der Waals surface area contributed by atoms with E-state index in [2.05, 4.69) is 11.4 Å². The average molecular weight is 241 g/mol.